The zero-order chi connectivity index (χ0) is 18.4. The van der Waals surface area contributed by atoms with E-state index >= 15 is 0 Å². The number of hydroxylamine groups is 2. The molecule has 1 radical (unpaired) electrons. The van der Waals surface area contributed by atoms with E-state index in [2.05, 4.69) is 5.32 Å². The molecule has 1 saturated heterocycles. The zero-order valence-electron chi connectivity index (χ0n) is 13.7. The van der Waals surface area contributed by atoms with Gasteiger partial charge in [0.25, 0.3) is 5.69 Å². The molecule has 1 heterocycles. The van der Waals surface area contributed by atoms with Crippen molar-refractivity contribution in [2.24, 2.45) is 0 Å². The van der Waals surface area contributed by atoms with Gasteiger partial charge in [-0.25, -0.2) is 0 Å². The van der Waals surface area contributed by atoms with Gasteiger partial charge in [0.2, 0.25) is 5.82 Å². The van der Waals surface area contributed by atoms with Crippen molar-refractivity contribution in [1.29, 1.82) is 0 Å². The summed E-state index contributed by atoms with van der Waals surface area (Å²) < 4.78 is 13.9. The van der Waals surface area contributed by atoms with Gasteiger partial charge in [0, 0.05) is 17.6 Å². The Hall–Kier alpha value is -2.33. The van der Waals surface area contributed by atoms with Gasteiger partial charge in [-0.1, -0.05) is 0 Å². The summed E-state index contributed by atoms with van der Waals surface area (Å²) in [5.74, 6) is -1.18. The van der Waals surface area contributed by atoms with Crippen molar-refractivity contribution >= 4 is 17.1 Å². The molecule has 1 atom stereocenters. The number of benzene rings is 1. The van der Waals surface area contributed by atoms with Crippen LogP contribution in [0.2, 0.25) is 0 Å². The first-order valence-electron chi connectivity index (χ1n) is 7.24. The van der Waals surface area contributed by atoms with Crippen molar-refractivity contribution in [3.05, 3.63) is 38.2 Å². The molecule has 0 aliphatic carbocycles. The summed E-state index contributed by atoms with van der Waals surface area (Å²) in [6.45, 7) is 6.85. The number of hydrogen-bond donors (Lipinski definition) is 1. The summed E-state index contributed by atoms with van der Waals surface area (Å²) in [5.41, 5.74) is -3.36. The molecule has 0 bridgehead atoms. The number of rotatable bonds is 4. The minimum Gasteiger partial charge on any atom is -0.375 e. The maximum Gasteiger partial charge on any atom is 0.311 e. The highest BCUT2D eigenvalue weighted by Crippen LogP contribution is 2.42. The lowest BCUT2D eigenvalue weighted by atomic mass is 9.94. The van der Waals surface area contributed by atoms with Crippen LogP contribution in [0.4, 0.5) is 21.5 Å². The highest BCUT2D eigenvalue weighted by molar-refractivity contribution is 5.66. The number of halogens is 1. The van der Waals surface area contributed by atoms with E-state index in [1.165, 1.54) is 0 Å². The summed E-state index contributed by atoms with van der Waals surface area (Å²) in [5, 5.41) is 38.0. The van der Waals surface area contributed by atoms with Crippen LogP contribution in [-0.2, 0) is 5.21 Å². The van der Waals surface area contributed by atoms with Gasteiger partial charge in [-0.15, -0.1) is 10.3 Å². The normalized spacial score (nSPS) is 22.3. The standard InChI is InChI=1S/C14H18FN4O5/c1-13(2)7-12(14(3,4)19(13)24)16-9-5-8(15)10(17(20)21)6-11(9)18(22)23/h5-6,12,16H,7H2,1-4H3. The van der Waals surface area contributed by atoms with Gasteiger partial charge in [-0.05, 0) is 34.1 Å². The topological polar surface area (TPSA) is 121 Å². The first-order valence-corrected chi connectivity index (χ1v) is 7.24. The summed E-state index contributed by atoms with van der Waals surface area (Å²) in [6, 6.07) is 0.816. The number of nitro benzene ring substituents is 2. The van der Waals surface area contributed by atoms with Crippen molar-refractivity contribution in [2.45, 2.75) is 51.2 Å². The van der Waals surface area contributed by atoms with E-state index in [0.717, 1.165) is 11.1 Å². The minimum atomic E-state index is -1.18. The van der Waals surface area contributed by atoms with Crippen molar-refractivity contribution in [3.8, 4) is 0 Å². The summed E-state index contributed by atoms with van der Waals surface area (Å²) in [7, 11) is 0. The van der Waals surface area contributed by atoms with Crippen LogP contribution in [0, 0.1) is 26.0 Å². The van der Waals surface area contributed by atoms with Gasteiger partial charge in [0.15, 0.2) is 0 Å². The highest BCUT2D eigenvalue weighted by Gasteiger charge is 2.52. The molecule has 0 saturated carbocycles. The van der Waals surface area contributed by atoms with Gasteiger partial charge in [0.1, 0.15) is 5.69 Å². The number of nitro groups is 2. The number of anilines is 1. The van der Waals surface area contributed by atoms with Gasteiger partial charge < -0.3 is 5.32 Å². The summed E-state index contributed by atoms with van der Waals surface area (Å²) in [4.78, 5) is 20.1. The SMILES string of the molecule is CC1(C)CC(Nc2cc(F)c([N+](=O)[O-])cc2[N+](=O)[O-])C(C)(C)N1[O]. The Bertz CT molecular complexity index is 707. The Labute approximate surface area is 137 Å². The third kappa shape index (κ3) is 2.89. The van der Waals surface area contributed by atoms with E-state index in [1.54, 1.807) is 27.7 Å². The Morgan fingerprint density at radius 1 is 1.17 bits per heavy atom. The average molecular weight is 341 g/mol. The Balaban J connectivity index is 2.45. The summed E-state index contributed by atoms with van der Waals surface area (Å²) in [6.07, 6.45) is 0.374. The molecule has 1 aliphatic rings. The van der Waals surface area contributed by atoms with Crippen molar-refractivity contribution in [3.63, 3.8) is 0 Å². The largest absolute Gasteiger partial charge is 0.375 e. The Morgan fingerprint density at radius 2 is 1.71 bits per heavy atom. The fourth-order valence-corrected chi connectivity index (χ4v) is 3.13. The minimum absolute atomic E-state index is 0.188. The second-order valence-corrected chi connectivity index (χ2v) is 7.00. The van der Waals surface area contributed by atoms with Crippen molar-refractivity contribution in [2.75, 3.05) is 5.32 Å². The van der Waals surface area contributed by atoms with Crippen LogP contribution >= 0.6 is 0 Å². The molecule has 1 unspecified atom stereocenters. The Kier molecular flexibility index (Phi) is 4.23. The van der Waals surface area contributed by atoms with E-state index in [4.69, 9.17) is 0 Å². The van der Waals surface area contributed by atoms with E-state index in [9.17, 15) is 29.8 Å². The first-order chi connectivity index (χ1) is 10.9. The molecule has 9 nitrogen and oxygen atoms in total. The lowest BCUT2D eigenvalue weighted by molar-refractivity contribution is -0.395. The van der Waals surface area contributed by atoms with E-state index in [-0.39, 0.29) is 5.69 Å². The smallest absolute Gasteiger partial charge is 0.311 e. The lowest BCUT2D eigenvalue weighted by Gasteiger charge is -2.33. The molecule has 0 spiro atoms. The molecule has 10 heteroatoms. The molecule has 1 N–H and O–H groups in total. The van der Waals surface area contributed by atoms with Crippen molar-refractivity contribution in [1.82, 2.24) is 5.06 Å². The molecular formula is C14H18FN4O5. The number of nitrogens with zero attached hydrogens (tertiary/aromatic N) is 3. The lowest BCUT2D eigenvalue weighted by Crippen LogP contribution is -2.49. The molecule has 1 aliphatic heterocycles. The van der Waals surface area contributed by atoms with Gasteiger partial charge in [-0.3, -0.25) is 20.2 Å². The fraction of sp³-hybridized carbons (Fsp3) is 0.571. The van der Waals surface area contributed by atoms with E-state index < -0.39 is 44.2 Å². The monoisotopic (exact) mass is 341 g/mol. The molecule has 0 aromatic heterocycles. The van der Waals surface area contributed by atoms with Gasteiger partial charge >= 0.3 is 5.69 Å². The molecule has 1 aromatic rings. The van der Waals surface area contributed by atoms with Crippen molar-refractivity contribution < 1.29 is 19.4 Å². The molecule has 131 valence electrons. The van der Waals surface area contributed by atoms with Crippen LogP contribution in [0.3, 0.4) is 0 Å². The van der Waals surface area contributed by atoms with Gasteiger partial charge in [0.05, 0.1) is 21.5 Å². The van der Waals surface area contributed by atoms with E-state index in [1.807, 2.05) is 0 Å². The molecule has 1 fully saturated rings. The Morgan fingerprint density at radius 3 is 2.12 bits per heavy atom. The molecule has 1 aromatic carbocycles. The third-order valence-corrected chi connectivity index (χ3v) is 4.42. The molecule has 2 rings (SSSR count). The fourth-order valence-electron chi connectivity index (χ4n) is 3.13. The second-order valence-electron chi connectivity index (χ2n) is 7.00. The quantitative estimate of drug-likeness (QED) is 0.663. The van der Waals surface area contributed by atoms with Crippen LogP contribution in [0.5, 0.6) is 0 Å². The van der Waals surface area contributed by atoms with Crippen LogP contribution < -0.4 is 5.32 Å². The predicted molar refractivity (Wildman–Crippen MR) is 82.4 cm³/mol. The van der Waals surface area contributed by atoms with Gasteiger partial charge in [-0.2, -0.15) is 4.39 Å². The number of nitrogens with one attached hydrogen (secondary N) is 1. The second kappa shape index (κ2) is 5.64. The maximum atomic E-state index is 13.9. The maximum absolute atomic E-state index is 13.9. The molecule has 24 heavy (non-hydrogen) atoms. The van der Waals surface area contributed by atoms with Crippen LogP contribution in [0.25, 0.3) is 0 Å². The van der Waals surface area contributed by atoms with E-state index in [0.29, 0.717) is 12.5 Å². The molecular weight excluding hydrogens is 323 g/mol. The predicted octanol–water partition coefficient (Wildman–Crippen LogP) is 3.03. The molecule has 0 amide bonds. The number of hydrogen-bond acceptors (Lipinski definition) is 6. The van der Waals surface area contributed by atoms with Crippen LogP contribution in [0.1, 0.15) is 34.1 Å². The van der Waals surface area contributed by atoms with Crippen LogP contribution in [-0.4, -0.2) is 32.0 Å². The first kappa shape index (κ1) is 18.0. The summed E-state index contributed by atoms with van der Waals surface area (Å²) >= 11 is 0. The average Bonchev–Trinajstić information content (AvgIpc) is 2.58. The zero-order valence-corrected chi connectivity index (χ0v) is 13.7. The third-order valence-electron chi connectivity index (χ3n) is 4.42. The highest BCUT2D eigenvalue weighted by atomic mass is 19.1. The van der Waals surface area contributed by atoms with Crippen LogP contribution in [0.15, 0.2) is 12.1 Å².